The summed E-state index contributed by atoms with van der Waals surface area (Å²) in [6.07, 6.45) is 4.70. The smallest absolute Gasteiger partial charge is 0.176 e. The third-order valence-corrected chi connectivity index (χ3v) is 4.10. The van der Waals surface area contributed by atoms with Crippen LogP contribution >= 0.6 is 0 Å². The van der Waals surface area contributed by atoms with Crippen molar-refractivity contribution in [3.63, 3.8) is 0 Å². The minimum atomic E-state index is 0.184. The molecule has 2 heterocycles. The zero-order chi connectivity index (χ0) is 13.8. The first-order chi connectivity index (χ1) is 9.17. The molecular formula is C16H26N2O. The lowest BCUT2D eigenvalue weighted by molar-refractivity contribution is 0.1000. The molecule has 3 nitrogen and oxygen atoms in total. The second kappa shape index (κ2) is 6.38. The average molecular weight is 262 g/mol. The lowest BCUT2D eigenvalue weighted by Gasteiger charge is -2.35. The summed E-state index contributed by atoms with van der Waals surface area (Å²) in [5.74, 6) is 0.184. The summed E-state index contributed by atoms with van der Waals surface area (Å²) in [5.41, 5.74) is 2.21. The first-order valence-corrected chi connectivity index (χ1v) is 7.60. The molecule has 0 unspecified atom stereocenters. The molecule has 0 bridgehead atoms. The van der Waals surface area contributed by atoms with E-state index >= 15 is 0 Å². The normalized spacial score (nSPS) is 18.6. The summed E-state index contributed by atoms with van der Waals surface area (Å²) in [7, 11) is 0. The first kappa shape index (κ1) is 14.3. The number of hydrogen-bond donors (Lipinski definition) is 0. The highest BCUT2D eigenvalue weighted by Crippen LogP contribution is 2.23. The zero-order valence-electron chi connectivity index (χ0n) is 12.5. The number of rotatable bonds is 6. The van der Waals surface area contributed by atoms with Crippen LogP contribution in [-0.2, 0) is 13.0 Å². The van der Waals surface area contributed by atoms with Crippen LogP contribution in [0.5, 0.6) is 0 Å². The molecule has 0 saturated heterocycles. The molecule has 0 N–H and O–H groups in total. The number of fused-ring (bicyclic) bond motifs is 1. The average Bonchev–Trinajstić information content (AvgIpc) is 2.81. The summed E-state index contributed by atoms with van der Waals surface area (Å²) in [5, 5.41) is 0. The van der Waals surface area contributed by atoms with Gasteiger partial charge in [0.05, 0.1) is 5.69 Å². The SMILES string of the molecule is CCCN(CCC)[C@H]1CCn2c(ccc2C(C)=O)C1. The molecule has 106 valence electrons. The molecule has 0 fully saturated rings. The molecule has 0 aromatic carbocycles. The predicted molar refractivity (Wildman–Crippen MR) is 78.7 cm³/mol. The lowest BCUT2D eigenvalue weighted by atomic mass is 10.0. The summed E-state index contributed by atoms with van der Waals surface area (Å²) in [6.45, 7) is 9.54. The maximum atomic E-state index is 11.6. The second-order valence-corrected chi connectivity index (χ2v) is 5.60. The monoisotopic (exact) mass is 262 g/mol. The van der Waals surface area contributed by atoms with E-state index in [-0.39, 0.29) is 5.78 Å². The van der Waals surface area contributed by atoms with Crippen molar-refractivity contribution in [1.82, 2.24) is 9.47 Å². The van der Waals surface area contributed by atoms with Crippen molar-refractivity contribution in [3.05, 3.63) is 23.5 Å². The van der Waals surface area contributed by atoms with Crippen molar-refractivity contribution >= 4 is 5.78 Å². The molecular weight excluding hydrogens is 236 g/mol. The minimum Gasteiger partial charge on any atom is -0.342 e. The van der Waals surface area contributed by atoms with Gasteiger partial charge in [-0.05, 0) is 44.5 Å². The highest BCUT2D eigenvalue weighted by atomic mass is 16.1. The highest BCUT2D eigenvalue weighted by Gasteiger charge is 2.25. The fourth-order valence-electron chi connectivity index (χ4n) is 3.24. The largest absolute Gasteiger partial charge is 0.342 e. The molecule has 2 rings (SSSR count). The van der Waals surface area contributed by atoms with Gasteiger partial charge in [0.2, 0.25) is 0 Å². The topological polar surface area (TPSA) is 25.2 Å². The molecule has 3 heteroatoms. The van der Waals surface area contributed by atoms with E-state index in [1.54, 1.807) is 6.92 Å². The minimum absolute atomic E-state index is 0.184. The molecule has 1 aromatic rings. The number of carbonyl (C=O) groups excluding carboxylic acids is 1. The Bertz CT molecular complexity index is 430. The van der Waals surface area contributed by atoms with Crippen LogP contribution in [0.3, 0.4) is 0 Å². The van der Waals surface area contributed by atoms with Crippen molar-refractivity contribution < 1.29 is 4.79 Å². The third-order valence-electron chi connectivity index (χ3n) is 4.10. The summed E-state index contributed by atoms with van der Waals surface area (Å²) < 4.78 is 2.22. The summed E-state index contributed by atoms with van der Waals surface area (Å²) in [6, 6.07) is 4.78. The van der Waals surface area contributed by atoms with Crippen molar-refractivity contribution in [2.45, 2.75) is 59.0 Å². The van der Waals surface area contributed by atoms with E-state index in [4.69, 9.17) is 0 Å². The maximum Gasteiger partial charge on any atom is 0.176 e. The first-order valence-electron chi connectivity index (χ1n) is 7.60. The van der Waals surface area contributed by atoms with Gasteiger partial charge in [-0.1, -0.05) is 13.8 Å². The Morgan fingerprint density at radius 3 is 2.58 bits per heavy atom. The van der Waals surface area contributed by atoms with Gasteiger partial charge < -0.3 is 4.57 Å². The van der Waals surface area contributed by atoms with Crippen LogP contribution < -0.4 is 0 Å². The number of nitrogens with zero attached hydrogens (tertiary/aromatic N) is 2. The number of Topliss-reactive ketones (excluding diaryl/α,β-unsaturated/α-hetero) is 1. The molecule has 1 aromatic heterocycles. The molecule has 19 heavy (non-hydrogen) atoms. The van der Waals surface area contributed by atoms with Crippen LogP contribution in [-0.4, -0.2) is 34.4 Å². The Hall–Kier alpha value is -1.09. The zero-order valence-corrected chi connectivity index (χ0v) is 12.5. The number of ketones is 1. The van der Waals surface area contributed by atoms with E-state index in [9.17, 15) is 4.79 Å². The summed E-state index contributed by atoms with van der Waals surface area (Å²) >= 11 is 0. The van der Waals surface area contributed by atoms with Crippen molar-refractivity contribution in [2.24, 2.45) is 0 Å². The van der Waals surface area contributed by atoms with E-state index < -0.39 is 0 Å². The van der Waals surface area contributed by atoms with Crippen LogP contribution in [0, 0.1) is 0 Å². The fourth-order valence-corrected chi connectivity index (χ4v) is 3.24. The summed E-state index contributed by atoms with van der Waals surface area (Å²) in [4.78, 5) is 14.2. The number of hydrogen-bond acceptors (Lipinski definition) is 2. The van der Waals surface area contributed by atoms with Crippen LogP contribution in [0.2, 0.25) is 0 Å². The van der Waals surface area contributed by atoms with Crippen LogP contribution in [0.1, 0.15) is 56.2 Å². The van der Waals surface area contributed by atoms with Crippen molar-refractivity contribution in [2.75, 3.05) is 13.1 Å². The Morgan fingerprint density at radius 2 is 2.00 bits per heavy atom. The van der Waals surface area contributed by atoms with Crippen molar-refractivity contribution in [1.29, 1.82) is 0 Å². The molecule has 0 saturated carbocycles. The van der Waals surface area contributed by atoms with Crippen molar-refractivity contribution in [3.8, 4) is 0 Å². The quantitative estimate of drug-likeness (QED) is 0.736. The van der Waals surface area contributed by atoms with Gasteiger partial charge in [-0.3, -0.25) is 9.69 Å². The van der Waals surface area contributed by atoms with Gasteiger partial charge >= 0.3 is 0 Å². The van der Waals surface area contributed by atoms with E-state index in [2.05, 4.69) is 29.4 Å². The molecule has 0 radical (unpaired) electrons. The molecule has 1 aliphatic heterocycles. The van der Waals surface area contributed by atoms with Gasteiger partial charge in [-0.25, -0.2) is 0 Å². The Morgan fingerprint density at radius 1 is 1.32 bits per heavy atom. The van der Waals surface area contributed by atoms with E-state index in [1.165, 1.54) is 38.0 Å². The standard InChI is InChI=1S/C16H26N2O/c1-4-9-17(10-5-2)14-8-11-18-15(12-14)6-7-16(18)13(3)19/h6-7,14H,4-5,8-12H2,1-3H3/t14-/m0/s1. The van der Waals surface area contributed by atoms with E-state index in [0.29, 0.717) is 6.04 Å². The lowest BCUT2D eigenvalue weighted by Crippen LogP contribution is -2.41. The highest BCUT2D eigenvalue weighted by molar-refractivity contribution is 5.92. The number of carbonyl (C=O) groups is 1. The molecule has 0 amide bonds. The van der Waals surface area contributed by atoms with Gasteiger partial charge in [-0.15, -0.1) is 0 Å². The second-order valence-electron chi connectivity index (χ2n) is 5.60. The van der Waals surface area contributed by atoms with Gasteiger partial charge in [0.25, 0.3) is 0 Å². The Balaban J connectivity index is 2.11. The molecule has 1 atom stereocenters. The van der Waals surface area contributed by atoms with E-state index in [0.717, 1.165) is 18.7 Å². The fraction of sp³-hybridized carbons (Fsp3) is 0.688. The maximum absolute atomic E-state index is 11.6. The van der Waals surface area contributed by atoms with Crippen LogP contribution in [0.25, 0.3) is 0 Å². The third kappa shape index (κ3) is 3.08. The Labute approximate surface area is 116 Å². The van der Waals surface area contributed by atoms with Crippen LogP contribution in [0.15, 0.2) is 12.1 Å². The Kier molecular flexibility index (Phi) is 4.81. The van der Waals surface area contributed by atoms with Crippen LogP contribution in [0.4, 0.5) is 0 Å². The van der Waals surface area contributed by atoms with Gasteiger partial charge in [0.1, 0.15) is 0 Å². The van der Waals surface area contributed by atoms with Gasteiger partial charge in [0, 0.05) is 31.6 Å². The van der Waals surface area contributed by atoms with E-state index in [1.807, 2.05) is 6.07 Å². The van der Waals surface area contributed by atoms with Gasteiger partial charge in [0.15, 0.2) is 5.78 Å². The predicted octanol–water partition coefficient (Wildman–Crippen LogP) is 3.13. The molecule has 0 spiro atoms. The molecule has 0 aliphatic carbocycles. The molecule has 1 aliphatic rings. The van der Waals surface area contributed by atoms with Gasteiger partial charge in [-0.2, -0.15) is 0 Å². The number of aromatic nitrogens is 1.